The summed E-state index contributed by atoms with van der Waals surface area (Å²) in [6, 6.07) is 6.53. The molecule has 4 aliphatic rings. The lowest BCUT2D eigenvalue weighted by Gasteiger charge is -2.25. The summed E-state index contributed by atoms with van der Waals surface area (Å²) in [5, 5.41) is 11.5. The summed E-state index contributed by atoms with van der Waals surface area (Å²) >= 11 is 0. The lowest BCUT2D eigenvalue weighted by molar-refractivity contribution is 0.0932. The molecule has 8 heteroatoms. The second-order valence-corrected chi connectivity index (χ2v) is 8.40. The maximum atomic E-state index is 12.5. The summed E-state index contributed by atoms with van der Waals surface area (Å²) in [7, 11) is 0. The molecule has 1 N–H and O–H groups in total. The minimum Gasteiger partial charge on any atom is -0.454 e. The Bertz CT molecular complexity index is 938. The fourth-order valence-corrected chi connectivity index (χ4v) is 4.69. The maximum Gasteiger partial charge on any atom is 0.289 e. The van der Waals surface area contributed by atoms with Crippen LogP contribution in [0.1, 0.15) is 34.8 Å². The zero-order valence-corrected chi connectivity index (χ0v) is 15.6. The largest absolute Gasteiger partial charge is 0.454 e. The molecule has 0 spiro atoms. The Kier molecular flexibility index (Phi) is 3.62. The molecular weight excluding hydrogens is 358 g/mol. The Hall–Kier alpha value is -2.61. The van der Waals surface area contributed by atoms with Gasteiger partial charge in [-0.1, -0.05) is 6.07 Å². The van der Waals surface area contributed by atoms with Crippen molar-refractivity contribution in [3.8, 4) is 11.5 Å². The van der Waals surface area contributed by atoms with Gasteiger partial charge in [-0.05, 0) is 42.4 Å². The smallest absolute Gasteiger partial charge is 0.289 e. The topological polar surface area (TPSA) is 81.5 Å². The molecule has 3 aliphatic heterocycles. The van der Waals surface area contributed by atoms with Crippen LogP contribution in [0.25, 0.3) is 0 Å². The van der Waals surface area contributed by atoms with Crippen LogP contribution >= 0.6 is 0 Å². The SMILES string of the molecule is O=C(NC1CC1)c1nnc2n1CC1CN(Cc3ccc4c(c3)OCO4)CC1C2. The fourth-order valence-electron chi connectivity index (χ4n) is 4.69. The predicted octanol–water partition coefficient (Wildman–Crippen LogP) is 1.20. The number of carbonyl (C=O) groups is 1. The molecule has 2 aromatic rings. The Morgan fingerprint density at radius 1 is 1.11 bits per heavy atom. The molecule has 0 radical (unpaired) electrons. The number of likely N-dealkylation sites (tertiary alicyclic amines) is 1. The third-order valence-corrected chi connectivity index (χ3v) is 6.30. The number of ether oxygens (including phenoxy) is 2. The molecular formula is C20H23N5O3. The summed E-state index contributed by atoms with van der Waals surface area (Å²) in [6.45, 7) is 4.12. The molecule has 146 valence electrons. The van der Waals surface area contributed by atoms with Gasteiger partial charge in [-0.15, -0.1) is 10.2 Å². The van der Waals surface area contributed by atoms with Gasteiger partial charge in [-0.3, -0.25) is 9.69 Å². The van der Waals surface area contributed by atoms with Crippen molar-refractivity contribution in [3.63, 3.8) is 0 Å². The molecule has 0 bridgehead atoms. The van der Waals surface area contributed by atoms with Crippen LogP contribution in [0.3, 0.4) is 0 Å². The van der Waals surface area contributed by atoms with E-state index in [1.54, 1.807) is 0 Å². The summed E-state index contributed by atoms with van der Waals surface area (Å²) in [6.07, 6.45) is 3.05. The predicted molar refractivity (Wildman–Crippen MR) is 99.0 cm³/mol. The highest BCUT2D eigenvalue weighted by Gasteiger charge is 2.39. The highest BCUT2D eigenvalue weighted by atomic mass is 16.7. The Morgan fingerprint density at radius 2 is 1.96 bits per heavy atom. The first kappa shape index (κ1) is 16.4. The monoisotopic (exact) mass is 381 g/mol. The van der Waals surface area contributed by atoms with Gasteiger partial charge in [-0.25, -0.2) is 0 Å². The maximum absolute atomic E-state index is 12.5. The zero-order chi connectivity index (χ0) is 18.7. The summed E-state index contributed by atoms with van der Waals surface area (Å²) < 4.78 is 12.9. The summed E-state index contributed by atoms with van der Waals surface area (Å²) in [5.41, 5.74) is 1.24. The highest BCUT2D eigenvalue weighted by molar-refractivity contribution is 5.91. The molecule has 1 aromatic heterocycles. The van der Waals surface area contributed by atoms with Crippen LogP contribution in [0.2, 0.25) is 0 Å². The number of nitrogens with zero attached hydrogens (tertiary/aromatic N) is 4. The number of nitrogens with one attached hydrogen (secondary N) is 1. The van der Waals surface area contributed by atoms with Gasteiger partial charge < -0.3 is 19.4 Å². The van der Waals surface area contributed by atoms with Crippen LogP contribution in [-0.4, -0.2) is 51.5 Å². The third-order valence-electron chi connectivity index (χ3n) is 6.30. The average molecular weight is 381 g/mol. The van der Waals surface area contributed by atoms with E-state index in [1.165, 1.54) is 5.56 Å². The number of hydrogen-bond donors (Lipinski definition) is 1. The van der Waals surface area contributed by atoms with Crippen molar-refractivity contribution in [1.29, 1.82) is 0 Å². The standard InChI is InChI=1S/C20H23N5O3/c26-20(21-15-2-3-15)19-23-22-18-6-13-8-24(9-14(13)10-25(18)19)7-12-1-4-16-17(5-12)28-11-27-16/h1,4-5,13-15H,2-3,6-11H2,(H,21,26). The second-order valence-electron chi connectivity index (χ2n) is 8.40. The highest BCUT2D eigenvalue weighted by Crippen LogP contribution is 2.36. The average Bonchev–Trinajstić information content (AvgIpc) is 3.07. The molecule has 2 unspecified atom stereocenters. The van der Waals surface area contributed by atoms with Gasteiger partial charge in [0, 0.05) is 38.6 Å². The first-order chi connectivity index (χ1) is 13.7. The van der Waals surface area contributed by atoms with Crippen molar-refractivity contribution >= 4 is 5.91 Å². The number of hydrogen-bond acceptors (Lipinski definition) is 6. The van der Waals surface area contributed by atoms with Crippen molar-refractivity contribution in [1.82, 2.24) is 25.0 Å². The van der Waals surface area contributed by atoms with Crippen molar-refractivity contribution in [2.45, 2.75) is 38.4 Å². The van der Waals surface area contributed by atoms with Gasteiger partial charge in [0.25, 0.3) is 5.91 Å². The number of carbonyl (C=O) groups excluding carboxylic acids is 1. The normalized spacial score (nSPS) is 25.4. The Labute approximate surface area is 162 Å². The van der Waals surface area contributed by atoms with Crippen LogP contribution in [0.15, 0.2) is 18.2 Å². The Balaban J connectivity index is 1.15. The zero-order valence-electron chi connectivity index (χ0n) is 15.6. The first-order valence-electron chi connectivity index (χ1n) is 10.1. The molecule has 1 aliphatic carbocycles. The molecule has 4 heterocycles. The molecule has 6 rings (SSSR count). The van der Waals surface area contributed by atoms with Crippen LogP contribution in [0.4, 0.5) is 0 Å². The van der Waals surface area contributed by atoms with Gasteiger partial charge in [0.2, 0.25) is 12.6 Å². The van der Waals surface area contributed by atoms with Crippen molar-refractivity contribution in [2.75, 3.05) is 19.9 Å². The minimum absolute atomic E-state index is 0.0742. The van der Waals surface area contributed by atoms with E-state index in [4.69, 9.17) is 9.47 Å². The first-order valence-corrected chi connectivity index (χ1v) is 10.1. The van der Waals surface area contributed by atoms with E-state index in [0.717, 1.165) is 62.8 Å². The summed E-state index contributed by atoms with van der Waals surface area (Å²) in [5.74, 6) is 4.13. The second kappa shape index (κ2) is 6.20. The molecule has 1 saturated heterocycles. The van der Waals surface area contributed by atoms with E-state index in [-0.39, 0.29) is 5.91 Å². The van der Waals surface area contributed by atoms with Gasteiger partial charge in [-0.2, -0.15) is 0 Å². The molecule has 28 heavy (non-hydrogen) atoms. The van der Waals surface area contributed by atoms with Crippen LogP contribution in [-0.2, 0) is 19.5 Å². The Morgan fingerprint density at radius 3 is 2.86 bits per heavy atom. The number of rotatable bonds is 4. The van der Waals surface area contributed by atoms with Crippen molar-refractivity contribution in [3.05, 3.63) is 35.4 Å². The van der Waals surface area contributed by atoms with E-state index in [2.05, 4.69) is 32.5 Å². The lowest BCUT2D eigenvalue weighted by atomic mass is 9.89. The van der Waals surface area contributed by atoms with Crippen LogP contribution in [0.5, 0.6) is 11.5 Å². The van der Waals surface area contributed by atoms with Gasteiger partial charge >= 0.3 is 0 Å². The molecule has 1 aromatic carbocycles. The van der Waals surface area contributed by atoms with E-state index < -0.39 is 0 Å². The third kappa shape index (κ3) is 2.83. The van der Waals surface area contributed by atoms with Gasteiger partial charge in [0.1, 0.15) is 5.82 Å². The van der Waals surface area contributed by atoms with E-state index >= 15 is 0 Å². The fraction of sp³-hybridized carbons (Fsp3) is 0.550. The van der Waals surface area contributed by atoms with Gasteiger partial charge in [0.15, 0.2) is 11.5 Å². The van der Waals surface area contributed by atoms with Crippen LogP contribution < -0.4 is 14.8 Å². The lowest BCUT2D eigenvalue weighted by Crippen LogP contribution is -2.33. The number of aromatic nitrogens is 3. The molecule has 8 nitrogen and oxygen atoms in total. The van der Waals surface area contributed by atoms with Crippen molar-refractivity contribution < 1.29 is 14.3 Å². The van der Waals surface area contributed by atoms with E-state index in [9.17, 15) is 4.79 Å². The number of fused-ring (bicyclic) bond motifs is 3. The minimum atomic E-state index is -0.0742. The number of benzene rings is 1. The molecule has 2 fully saturated rings. The molecule has 1 amide bonds. The van der Waals surface area contributed by atoms with Gasteiger partial charge in [0.05, 0.1) is 0 Å². The van der Waals surface area contributed by atoms with E-state index in [0.29, 0.717) is 30.5 Å². The molecule has 1 saturated carbocycles. The summed E-state index contributed by atoms with van der Waals surface area (Å²) in [4.78, 5) is 14.9. The van der Waals surface area contributed by atoms with Crippen LogP contribution in [0, 0.1) is 11.8 Å². The quantitative estimate of drug-likeness (QED) is 0.857. The van der Waals surface area contributed by atoms with E-state index in [1.807, 2.05) is 10.6 Å². The molecule has 2 atom stereocenters. The van der Waals surface area contributed by atoms with Crippen molar-refractivity contribution in [2.24, 2.45) is 11.8 Å². The number of amides is 1.